The van der Waals surface area contributed by atoms with Gasteiger partial charge in [-0.3, -0.25) is 0 Å². The summed E-state index contributed by atoms with van der Waals surface area (Å²) in [6, 6.07) is 0.507. The molecule has 1 fully saturated rings. The molecule has 1 atom stereocenters. The molecular weight excluding hydrogens is 216 g/mol. The highest BCUT2D eigenvalue weighted by Gasteiger charge is 2.36. The number of nitrogens with zero attached hydrogens (tertiary/aromatic N) is 1. The highest BCUT2D eigenvalue weighted by atomic mass is 32.1. The van der Waals surface area contributed by atoms with E-state index < -0.39 is 0 Å². The number of hydrogen-bond acceptors (Lipinski definition) is 3. The van der Waals surface area contributed by atoms with Gasteiger partial charge >= 0.3 is 0 Å². The maximum Gasteiger partial charge on any atom is 0.113 e. The molecule has 1 unspecified atom stereocenters. The fraction of sp³-hybridized carbons (Fsp3) is 0.769. The van der Waals surface area contributed by atoms with Gasteiger partial charge in [-0.25, -0.2) is 4.98 Å². The zero-order valence-electron chi connectivity index (χ0n) is 10.7. The fourth-order valence-corrected chi connectivity index (χ4v) is 3.29. The van der Waals surface area contributed by atoms with Gasteiger partial charge in [0, 0.05) is 17.1 Å². The van der Waals surface area contributed by atoms with Crippen LogP contribution in [0.5, 0.6) is 0 Å². The molecule has 0 amide bonds. The predicted molar refractivity (Wildman–Crippen MR) is 69.8 cm³/mol. The molecule has 0 saturated heterocycles. The molecular formula is C13H22N2S. The maximum absolute atomic E-state index is 4.67. The van der Waals surface area contributed by atoms with Crippen molar-refractivity contribution in [2.45, 2.75) is 58.5 Å². The third-order valence-corrected chi connectivity index (χ3v) is 4.32. The summed E-state index contributed by atoms with van der Waals surface area (Å²) >= 11 is 1.79. The van der Waals surface area contributed by atoms with Crippen LogP contribution in [-0.4, -0.2) is 11.0 Å². The number of nitrogens with one attached hydrogen (secondary N) is 1. The number of hydrogen-bond donors (Lipinski definition) is 1. The SMILES string of the molecule is Cc1csc(C(C)(CC2CC2)NC(C)C)n1. The van der Waals surface area contributed by atoms with E-state index in [9.17, 15) is 0 Å². The Labute approximate surface area is 102 Å². The molecule has 0 aromatic carbocycles. The first-order valence-corrected chi connectivity index (χ1v) is 7.08. The van der Waals surface area contributed by atoms with E-state index >= 15 is 0 Å². The van der Waals surface area contributed by atoms with E-state index in [0.717, 1.165) is 11.6 Å². The van der Waals surface area contributed by atoms with Crippen molar-refractivity contribution in [3.63, 3.8) is 0 Å². The molecule has 1 aromatic heterocycles. The number of thiazole rings is 1. The molecule has 2 rings (SSSR count). The van der Waals surface area contributed by atoms with Crippen molar-refractivity contribution >= 4 is 11.3 Å². The van der Waals surface area contributed by atoms with Gasteiger partial charge in [0.05, 0.1) is 5.54 Å². The lowest BCUT2D eigenvalue weighted by molar-refractivity contribution is 0.295. The Bertz CT molecular complexity index is 349. The van der Waals surface area contributed by atoms with Crippen molar-refractivity contribution in [2.24, 2.45) is 5.92 Å². The van der Waals surface area contributed by atoms with E-state index in [1.54, 1.807) is 11.3 Å². The minimum Gasteiger partial charge on any atom is -0.303 e. The Hall–Kier alpha value is -0.410. The number of aryl methyl sites for hydroxylation is 1. The molecule has 1 N–H and O–H groups in total. The first-order valence-electron chi connectivity index (χ1n) is 6.20. The third kappa shape index (κ3) is 2.83. The largest absolute Gasteiger partial charge is 0.303 e. The molecule has 0 bridgehead atoms. The van der Waals surface area contributed by atoms with E-state index in [4.69, 9.17) is 0 Å². The molecule has 3 heteroatoms. The van der Waals surface area contributed by atoms with Gasteiger partial charge < -0.3 is 5.32 Å². The van der Waals surface area contributed by atoms with Crippen LogP contribution in [0.3, 0.4) is 0 Å². The Morgan fingerprint density at radius 2 is 2.25 bits per heavy atom. The molecule has 1 saturated carbocycles. The molecule has 2 nitrogen and oxygen atoms in total. The quantitative estimate of drug-likeness (QED) is 0.849. The molecule has 90 valence electrons. The van der Waals surface area contributed by atoms with Gasteiger partial charge in [-0.15, -0.1) is 11.3 Å². The highest BCUT2D eigenvalue weighted by Crippen LogP contribution is 2.41. The van der Waals surface area contributed by atoms with Gasteiger partial charge in [0.15, 0.2) is 0 Å². The van der Waals surface area contributed by atoms with E-state index in [2.05, 4.69) is 43.4 Å². The monoisotopic (exact) mass is 238 g/mol. The average Bonchev–Trinajstić information content (AvgIpc) is 2.83. The van der Waals surface area contributed by atoms with Crippen molar-refractivity contribution in [2.75, 3.05) is 0 Å². The Morgan fingerprint density at radius 3 is 2.69 bits per heavy atom. The summed E-state index contributed by atoms with van der Waals surface area (Å²) in [6.45, 7) is 8.81. The van der Waals surface area contributed by atoms with Crippen LogP contribution >= 0.6 is 11.3 Å². The number of rotatable bonds is 5. The first kappa shape index (κ1) is 12.1. The second-order valence-electron chi connectivity index (χ2n) is 5.57. The Morgan fingerprint density at radius 1 is 1.56 bits per heavy atom. The standard InChI is InChI=1S/C13H22N2S/c1-9(2)15-13(4,7-11-5-6-11)12-14-10(3)8-16-12/h8-9,11,15H,5-7H2,1-4H3. The lowest BCUT2D eigenvalue weighted by atomic mass is 9.94. The summed E-state index contributed by atoms with van der Waals surface area (Å²) in [4.78, 5) is 4.67. The summed E-state index contributed by atoms with van der Waals surface area (Å²) in [5, 5.41) is 7.12. The van der Waals surface area contributed by atoms with Crippen LogP contribution < -0.4 is 5.32 Å². The van der Waals surface area contributed by atoms with E-state index in [1.165, 1.54) is 24.3 Å². The van der Waals surface area contributed by atoms with Crippen molar-refractivity contribution in [3.05, 3.63) is 16.1 Å². The van der Waals surface area contributed by atoms with Crippen LogP contribution in [0.1, 0.15) is 50.7 Å². The smallest absolute Gasteiger partial charge is 0.113 e. The van der Waals surface area contributed by atoms with Crippen molar-refractivity contribution < 1.29 is 0 Å². The molecule has 1 aliphatic carbocycles. The normalized spacial score (nSPS) is 20.1. The van der Waals surface area contributed by atoms with Crippen LogP contribution in [0, 0.1) is 12.8 Å². The molecule has 1 heterocycles. The second kappa shape index (κ2) is 4.46. The average molecular weight is 238 g/mol. The van der Waals surface area contributed by atoms with Crippen LogP contribution in [0.2, 0.25) is 0 Å². The molecule has 0 radical (unpaired) electrons. The van der Waals surface area contributed by atoms with Crippen molar-refractivity contribution in [3.8, 4) is 0 Å². The Kier molecular flexibility index (Phi) is 3.36. The summed E-state index contributed by atoms with van der Waals surface area (Å²) in [5.74, 6) is 0.917. The zero-order valence-corrected chi connectivity index (χ0v) is 11.5. The number of aromatic nitrogens is 1. The van der Waals surface area contributed by atoms with Crippen molar-refractivity contribution in [1.82, 2.24) is 10.3 Å². The molecule has 1 aromatic rings. The Balaban J connectivity index is 2.17. The van der Waals surface area contributed by atoms with Gasteiger partial charge in [0.1, 0.15) is 5.01 Å². The lowest BCUT2D eigenvalue weighted by Crippen LogP contribution is -2.44. The van der Waals surface area contributed by atoms with Gasteiger partial charge in [0.2, 0.25) is 0 Å². The van der Waals surface area contributed by atoms with Crippen LogP contribution in [-0.2, 0) is 5.54 Å². The van der Waals surface area contributed by atoms with Gasteiger partial charge in [-0.1, -0.05) is 12.8 Å². The predicted octanol–water partition coefficient (Wildman–Crippen LogP) is 3.46. The van der Waals surface area contributed by atoms with Gasteiger partial charge in [-0.05, 0) is 40.0 Å². The lowest BCUT2D eigenvalue weighted by Gasteiger charge is -2.31. The fourth-order valence-electron chi connectivity index (χ4n) is 2.35. The van der Waals surface area contributed by atoms with Crippen LogP contribution in [0.15, 0.2) is 5.38 Å². The highest BCUT2D eigenvalue weighted by molar-refractivity contribution is 7.09. The second-order valence-corrected chi connectivity index (χ2v) is 6.43. The minimum atomic E-state index is 0.0776. The first-order chi connectivity index (χ1) is 7.49. The molecule has 16 heavy (non-hydrogen) atoms. The minimum absolute atomic E-state index is 0.0776. The third-order valence-electron chi connectivity index (χ3n) is 3.09. The van der Waals surface area contributed by atoms with E-state index in [0.29, 0.717) is 6.04 Å². The molecule has 0 aliphatic heterocycles. The topological polar surface area (TPSA) is 24.9 Å². The van der Waals surface area contributed by atoms with Gasteiger partial charge in [-0.2, -0.15) is 0 Å². The summed E-state index contributed by atoms with van der Waals surface area (Å²) < 4.78 is 0. The van der Waals surface area contributed by atoms with Crippen LogP contribution in [0.25, 0.3) is 0 Å². The zero-order chi connectivity index (χ0) is 11.8. The van der Waals surface area contributed by atoms with Gasteiger partial charge in [0.25, 0.3) is 0 Å². The summed E-state index contributed by atoms with van der Waals surface area (Å²) in [6.07, 6.45) is 4.04. The van der Waals surface area contributed by atoms with Crippen molar-refractivity contribution in [1.29, 1.82) is 0 Å². The van der Waals surface area contributed by atoms with Crippen LogP contribution in [0.4, 0.5) is 0 Å². The molecule has 0 spiro atoms. The van der Waals surface area contributed by atoms with E-state index in [1.807, 2.05) is 0 Å². The molecule has 1 aliphatic rings. The maximum atomic E-state index is 4.67. The summed E-state index contributed by atoms with van der Waals surface area (Å²) in [5.41, 5.74) is 1.22. The summed E-state index contributed by atoms with van der Waals surface area (Å²) in [7, 11) is 0. The van der Waals surface area contributed by atoms with E-state index in [-0.39, 0.29) is 5.54 Å².